The predicted molar refractivity (Wildman–Crippen MR) is 114 cm³/mol. The minimum absolute atomic E-state index is 0.152. The summed E-state index contributed by atoms with van der Waals surface area (Å²) in [6.45, 7) is 9.92. The van der Waals surface area contributed by atoms with Gasteiger partial charge in [-0.15, -0.1) is 0 Å². The van der Waals surface area contributed by atoms with Crippen LogP contribution < -0.4 is 4.74 Å². The van der Waals surface area contributed by atoms with E-state index in [1.165, 1.54) is 0 Å². The molecule has 0 spiro atoms. The summed E-state index contributed by atoms with van der Waals surface area (Å²) < 4.78 is 11.2. The van der Waals surface area contributed by atoms with Crippen molar-refractivity contribution in [2.24, 2.45) is 5.92 Å². The molecule has 2 heterocycles. The van der Waals surface area contributed by atoms with Crippen molar-refractivity contribution in [1.29, 1.82) is 0 Å². The molecule has 2 fully saturated rings. The van der Waals surface area contributed by atoms with Gasteiger partial charge in [0.05, 0.1) is 6.10 Å². The molecule has 2 aliphatic rings. The van der Waals surface area contributed by atoms with Gasteiger partial charge >= 0.3 is 0 Å². The van der Waals surface area contributed by atoms with E-state index in [1.807, 2.05) is 24.3 Å². The van der Waals surface area contributed by atoms with Crippen molar-refractivity contribution in [1.82, 2.24) is 19.9 Å². The number of hydrogen-bond acceptors (Lipinski definition) is 6. The fourth-order valence-corrected chi connectivity index (χ4v) is 4.44. The van der Waals surface area contributed by atoms with Crippen LogP contribution in [-0.4, -0.2) is 64.2 Å². The topological polar surface area (TPSA) is 71.7 Å². The van der Waals surface area contributed by atoms with E-state index in [0.717, 1.165) is 63.2 Å². The van der Waals surface area contributed by atoms with Crippen LogP contribution >= 0.6 is 0 Å². The number of aryl methyl sites for hydroxylation is 1. The maximum atomic E-state index is 12.9. The largest absolute Gasteiger partial charge is 0.490 e. The van der Waals surface area contributed by atoms with Gasteiger partial charge in [0.2, 0.25) is 17.6 Å². The van der Waals surface area contributed by atoms with E-state index in [4.69, 9.17) is 9.26 Å². The highest BCUT2D eigenvalue weighted by molar-refractivity contribution is 5.79. The Morgan fingerprint density at radius 1 is 1.07 bits per heavy atom. The number of carbonyl (C=O) groups excluding carboxylic acids is 1. The molecule has 1 amide bonds. The summed E-state index contributed by atoms with van der Waals surface area (Å²) in [5, 5.41) is 3.94. The lowest BCUT2D eigenvalue weighted by molar-refractivity contribution is -0.139. The highest BCUT2D eigenvalue weighted by Crippen LogP contribution is 2.30. The first kappa shape index (κ1) is 20.8. The van der Waals surface area contributed by atoms with Crippen molar-refractivity contribution in [3.63, 3.8) is 0 Å². The fraction of sp³-hybridized carbons (Fsp3) is 0.609. The molecule has 162 valence electrons. The van der Waals surface area contributed by atoms with Gasteiger partial charge in [-0.1, -0.05) is 5.16 Å². The molecule has 30 heavy (non-hydrogen) atoms. The van der Waals surface area contributed by atoms with Gasteiger partial charge < -0.3 is 14.2 Å². The smallest absolute Gasteiger partial charge is 0.225 e. The first-order valence-electron chi connectivity index (χ1n) is 11.1. The summed E-state index contributed by atoms with van der Waals surface area (Å²) >= 11 is 0. The van der Waals surface area contributed by atoms with Gasteiger partial charge in [0.15, 0.2) is 0 Å². The summed E-state index contributed by atoms with van der Waals surface area (Å²) in [4.78, 5) is 21.7. The van der Waals surface area contributed by atoms with Crippen molar-refractivity contribution in [2.75, 3.05) is 26.2 Å². The molecule has 7 heteroatoms. The number of rotatable bonds is 5. The number of carbonyl (C=O) groups is 1. The molecule has 2 aromatic rings. The van der Waals surface area contributed by atoms with E-state index in [2.05, 4.69) is 33.8 Å². The number of amides is 1. The molecule has 1 saturated carbocycles. The molecule has 0 radical (unpaired) electrons. The minimum atomic E-state index is 0.152. The Balaban J connectivity index is 1.24. The van der Waals surface area contributed by atoms with Crippen molar-refractivity contribution in [2.45, 2.75) is 58.6 Å². The van der Waals surface area contributed by atoms with Crippen LogP contribution in [0.2, 0.25) is 0 Å². The Labute approximate surface area is 178 Å². The second-order valence-corrected chi connectivity index (χ2v) is 8.71. The quantitative estimate of drug-likeness (QED) is 0.748. The molecular formula is C23H32N4O3. The zero-order chi connectivity index (χ0) is 21.1. The monoisotopic (exact) mass is 412 g/mol. The van der Waals surface area contributed by atoms with E-state index >= 15 is 0 Å². The summed E-state index contributed by atoms with van der Waals surface area (Å²) in [7, 11) is 0. The normalized spacial score (nSPS) is 23.0. The molecule has 0 N–H and O–H groups in total. The molecule has 7 nitrogen and oxygen atoms in total. The van der Waals surface area contributed by atoms with Crippen LogP contribution in [0.15, 0.2) is 28.8 Å². The van der Waals surface area contributed by atoms with Crippen LogP contribution in [0.25, 0.3) is 11.4 Å². The maximum Gasteiger partial charge on any atom is 0.225 e. The number of aromatic nitrogens is 2. The van der Waals surface area contributed by atoms with Crippen LogP contribution in [0.1, 0.15) is 45.4 Å². The number of benzene rings is 1. The Morgan fingerprint density at radius 3 is 2.30 bits per heavy atom. The molecule has 0 unspecified atom stereocenters. The summed E-state index contributed by atoms with van der Waals surface area (Å²) in [6, 6.07) is 8.36. The molecule has 0 bridgehead atoms. The van der Waals surface area contributed by atoms with Gasteiger partial charge in [-0.05, 0) is 63.8 Å². The van der Waals surface area contributed by atoms with Gasteiger partial charge in [-0.2, -0.15) is 4.98 Å². The second kappa shape index (κ2) is 9.16. The molecule has 1 aliphatic heterocycles. The van der Waals surface area contributed by atoms with Crippen LogP contribution in [0.5, 0.6) is 5.75 Å². The molecule has 1 aromatic heterocycles. The van der Waals surface area contributed by atoms with Gasteiger partial charge in [0.1, 0.15) is 5.75 Å². The Kier molecular flexibility index (Phi) is 6.37. The minimum Gasteiger partial charge on any atom is -0.490 e. The van der Waals surface area contributed by atoms with E-state index in [1.54, 1.807) is 6.92 Å². The lowest BCUT2D eigenvalue weighted by atomic mass is 9.86. The fourth-order valence-electron chi connectivity index (χ4n) is 4.44. The SMILES string of the molecule is Cc1nc(-c2ccc(O[C@H]3CC[C@H](C(=O)N4CCN(C(C)C)CC4)CC3)cc2)no1. The lowest BCUT2D eigenvalue weighted by Crippen LogP contribution is -2.52. The van der Waals surface area contributed by atoms with Crippen LogP contribution in [0, 0.1) is 12.8 Å². The van der Waals surface area contributed by atoms with Gasteiger partial charge in [-0.25, -0.2) is 0 Å². The van der Waals surface area contributed by atoms with E-state index in [9.17, 15) is 4.79 Å². The van der Waals surface area contributed by atoms with Crippen molar-refractivity contribution < 1.29 is 14.1 Å². The maximum absolute atomic E-state index is 12.9. The van der Waals surface area contributed by atoms with E-state index < -0.39 is 0 Å². The molecule has 1 saturated heterocycles. The summed E-state index contributed by atoms with van der Waals surface area (Å²) in [5.41, 5.74) is 0.908. The van der Waals surface area contributed by atoms with Crippen LogP contribution in [-0.2, 0) is 4.79 Å². The first-order chi connectivity index (χ1) is 14.5. The summed E-state index contributed by atoms with van der Waals surface area (Å²) in [6.07, 6.45) is 3.84. The average molecular weight is 413 g/mol. The molecule has 1 aliphatic carbocycles. The third-order valence-corrected chi connectivity index (χ3v) is 6.32. The first-order valence-corrected chi connectivity index (χ1v) is 11.1. The summed E-state index contributed by atoms with van der Waals surface area (Å²) in [5.74, 6) is 2.49. The highest BCUT2D eigenvalue weighted by atomic mass is 16.5. The average Bonchev–Trinajstić information content (AvgIpc) is 3.21. The van der Waals surface area contributed by atoms with Gasteiger partial charge in [0.25, 0.3) is 0 Å². The number of hydrogen-bond donors (Lipinski definition) is 0. The standard InChI is InChI=1S/C23H32N4O3/c1-16(2)26-12-14-27(15-13-26)23(28)19-6-10-21(11-7-19)29-20-8-4-18(5-9-20)22-24-17(3)30-25-22/h4-5,8-9,16,19,21H,6-7,10-15H2,1-3H3/t19-,21-. The zero-order valence-corrected chi connectivity index (χ0v) is 18.2. The van der Waals surface area contributed by atoms with E-state index in [0.29, 0.717) is 23.7 Å². The molecule has 4 rings (SSSR count). The van der Waals surface area contributed by atoms with Gasteiger partial charge in [0, 0.05) is 50.6 Å². The molecule has 0 atom stereocenters. The number of nitrogens with zero attached hydrogens (tertiary/aromatic N) is 4. The molecular weight excluding hydrogens is 380 g/mol. The van der Waals surface area contributed by atoms with Crippen molar-refractivity contribution >= 4 is 5.91 Å². The second-order valence-electron chi connectivity index (χ2n) is 8.71. The van der Waals surface area contributed by atoms with Crippen LogP contribution in [0.3, 0.4) is 0 Å². The molecule has 1 aromatic carbocycles. The van der Waals surface area contributed by atoms with Crippen molar-refractivity contribution in [3.8, 4) is 17.1 Å². The zero-order valence-electron chi connectivity index (χ0n) is 18.2. The highest BCUT2D eigenvalue weighted by Gasteiger charge is 2.32. The Bertz CT molecular complexity index is 832. The Morgan fingerprint density at radius 2 is 1.73 bits per heavy atom. The van der Waals surface area contributed by atoms with Gasteiger partial charge in [-0.3, -0.25) is 9.69 Å². The third kappa shape index (κ3) is 4.83. The van der Waals surface area contributed by atoms with Crippen LogP contribution in [0.4, 0.5) is 0 Å². The lowest BCUT2D eigenvalue weighted by Gasteiger charge is -2.39. The number of piperazine rings is 1. The van der Waals surface area contributed by atoms with E-state index in [-0.39, 0.29) is 12.0 Å². The predicted octanol–water partition coefficient (Wildman–Crippen LogP) is 3.54. The Hall–Kier alpha value is -2.41. The number of ether oxygens (including phenoxy) is 1. The third-order valence-electron chi connectivity index (χ3n) is 6.32. The van der Waals surface area contributed by atoms with Crippen molar-refractivity contribution in [3.05, 3.63) is 30.2 Å².